The topological polar surface area (TPSA) is 77.0 Å². The van der Waals surface area contributed by atoms with Gasteiger partial charge in [0.25, 0.3) is 5.91 Å². The van der Waals surface area contributed by atoms with Gasteiger partial charge in [-0.3, -0.25) is 4.79 Å². The Bertz CT molecular complexity index is 664. The lowest BCUT2D eigenvalue weighted by Gasteiger charge is -2.28. The molecule has 110 valence electrons. The van der Waals surface area contributed by atoms with Gasteiger partial charge in [-0.05, 0) is 30.5 Å². The van der Waals surface area contributed by atoms with E-state index in [1.165, 1.54) is 0 Å². The average Bonchev–Trinajstić information content (AvgIpc) is 2.90. The van der Waals surface area contributed by atoms with E-state index < -0.39 is 0 Å². The van der Waals surface area contributed by atoms with Gasteiger partial charge in [-0.2, -0.15) is 5.10 Å². The van der Waals surface area contributed by atoms with Gasteiger partial charge in [0.15, 0.2) is 0 Å². The number of carbonyl (C=O) groups excluding carboxylic acids is 1. The number of hydrogen-bond acceptors (Lipinski definition) is 4. The number of carbonyl (C=O) groups is 1. The van der Waals surface area contributed by atoms with Crippen LogP contribution < -0.4 is 5.73 Å². The lowest BCUT2D eigenvalue weighted by molar-refractivity contribution is 0.0720. The highest BCUT2D eigenvalue weighted by Crippen LogP contribution is 2.22. The molecule has 6 nitrogen and oxygen atoms in total. The van der Waals surface area contributed by atoms with E-state index >= 15 is 0 Å². The minimum Gasteiger partial charge on any atom is -0.399 e. The molecule has 1 aliphatic heterocycles. The standard InChI is InChI=1S/C15H19N5O/c1-2-6-20-14(17-10-18-20)9-19-7-5-11-3-4-12(16)8-13(11)15(19)21/h3-4,8,10H,2,5-7,9,16H2,1H3. The SMILES string of the molecule is CCCn1ncnc1CN1CCc2ccc(N)cc2C1=O. The summed E-state index contributed by atoms with van der Waals surface area (Å²) in [5.41, 5.74) is 8.20. The first-order valence-corrected chi connectivity index (χ1v) is 7.23. The van der Waals surface area contributed by atoms with Gasteiger partial charge in [0.2, 0.25) is 0 Å². The number of amides is 1. The fourth-order valence-corrected chi connectivity index (χ4v) is 2.67. The van der Waals surface area contributed by atoms with Gasteiger partial charge in [0, 0.05) is 24.3 Å². The Kier molecular flexibility index (Phi) is 3.60. The molecule has 1 aromatic carbocycles. The summed E-state index contributed by atoms with van der Waals surface area (Å²) >= 11 is 0. The van der Waals surface area contributed by atoms with E-state index in [1.54, 1.807) is 12.4 Å². The van der Waals surface area contributed by atoms with Crippen LogP contribution in [-0.4, -0.2) is 32.1 Å². The minimum absolute atomic E-state index is 0.0228. The Morgan fingerprint density at radius 1 is 1.38 bits per heavy atom. The number of benzene rings is 1. The number of aryl methyl sites for hydroxylation is 1. The first-order chi connectivity index (χ1) is 10.2. The van der Waals surface area contributed by atoms with Crippen LogP contribution in [0.5, 0.6) is 0 Å². The van der Waals surface area contributed by atoms with Gasteiger partial charge in [-0.15, -0.1) is 0 Å². The molecule has 21 heavy (non-hydrogen) atoms. The van der Waals surface area contributed by atoms with Gasteiger partial charge in [0.05, 0.1) is 6.54 Å². The molecular formula is C15H19N5O. The van der Waals surface area contributed by atoms with Crippen molar-refractivity contribution in [3.8, 4) is 0 Å². The molecule has 0 saturated carbocycles. The Balaban J connectivity index is 1.81. The van der Waals surface area contributed by atoms with Crippen LogP contribution in [0.1, 0.15) is 35.1 Å². The van der Waals surface area contributed by atoms with Crippen molar-refractivity contribution in [2.75, 3.05) is 12.3 Å². The van der Waals surface area contributed by atoms with Gasteiger partial charge < -0.3 is 10.6 Å². The van der Waals surface area contributed by atoms with Crippen molar-refractivity contribution in [2.24, 2.45) is 0 Å². The summed E-state index contributed by atoms with van der Waals surface area (Å²) in [6.45, 7) is 4.11. The lowest BCUT2D eigenvalue weighted by atomic mass is 9.98. The summed E-state index contributed by atoms with van der Waals surface area (Å²) < 4.78 is 1.86. The highest BCUT2D eigenvalue weighted by molar-refractivity contribution is 5.97. The number of nitrogens with two attached hydrogens (primary N) is 1. The van der Waals surface area contributed by atoms with Crippen molar-refractivity contribution < 1.29 is 4.79 Å². The first kappa shape index (κ1) is 13.6. The third-order valence-electron chi connectivity index (χ3n) is 3.77. The second kappa shape index (κ2) is 5.55. The van der Waals surface area contributed by atoms with E-state index in [0.717, 1.165) is 30.8 Å². The van der Waals surface area contributed by atoms with Crippen LogP contribution in [0.15, 0.2) is 24.5 Å². The molecule has 1 aromatic heterocycles. The molecule has 2 heterocycles. The monoisotopic (exact) mass is 285 g/mol. The number of aromatic nitrogens is 3. The normalized spacial score (nSPS) is 14.3. The molecule has 0 spiro atoms. The molecule has 1 amide bonds. The van der Waals surface area contributed by atoms with E-state index in [0.29, 0.717) is 24.3 Å². The number of rotatable bonds is 4. The van der Waals surface area contributed by atoms with Crippen LogP contribution in [0.25, 0.3) is 0 Å². The van der Waals surface area contributed by atoms with E-state index in [2.05, 4.69) is 17.0 Å². The zero-order valence-corrected chi connectivity index (χ0v) is 12.1. The molecule has 0 atom stereocenters. The van der Waals surface area contributed by atoms with Gasteiger partial charge >= 0.3 is 0 Å². The van der Waals surface area contributed by atoms with E-state index in [-0.39, 0.29) is 5.91 Å². The highest BCUT2D eigenvalue weighted by atomic mass is 16.2. The van der Waals surface area contributed by atoms with Crippen LogP contribution in [0, 0.1) is 0 Å². The van der Waals surface area contributed by atoms with Crippen LogP contribution in [0.4, 0.5) is 5.69 Å². The van der Waals surface area contributed by atoms with Crippen LogP contribution in [-0.2, 0) is 19.5 Å². The number of nitrogen functional groups attached to an aromatic ring is 1. The van der Waals surface area contributed by atoms with Crippen molar-refractivity contribution in [3.63, 3.8) is 0 Å². The quantitative estimate of drug-likeness (QED) is 0.863. The van der Waals surface area contributed by atoms with Crippen molar-refractivity contribution in [2.45, 2.75) is 32.9 Å². The zero-order valence-electron chi connectivity index (χ0n) is 12.1. The van der Waals surface area contributed by atoms with Crippen molar-refractivity contribution in [1.82, 2.24) is 19.7 Å². The third-order valence-corrected chi connectivity index (χ3v) is 3.77. The third kappa shape index (κ3) is 2.61. The second-order valence-electron chi connectivity index (χ2n) is 5.29. The predicted octanol–water partition coefficient (Wildman–Crippen LogP) is 1.47. The van der Waals surface area contributed by atoms with Crippen LogP contribution in [0.3, 0.4) is 0 Å². The maximum atomic E-state index is 12.6. The summed E-state index contributed by atoms with van der Waals surface area (Å²) in [6, 6.07) is 5.56. The van der Waals surface area contributed by atoms with Gasteiger partial charge in [0.1, 0.15) is 12.2 Å². The smallest absolute Gasteiger partial charge is 0.254 e. The zero-order chi connectivity index (χ0) is 14.8. The minimum atomic E-state index is 0.0228. The van der Waals surface area contributed by atoms with Gasteiger partial charge in [-0.1, -0.05) is 13.0 Å². The molecule has 0 aliphatic carbocycles. The van der Waals surface area contributed by atoms with E-state index in [4.69, 9.17) is 5.73 Å². The number of fused-ring (bicyclic) bond motifs is 1. The summed E-state index contributed by atoms with van der Waals surface area (Å²) in [4.78, 5) is 18.7. The molecular weight excluding hydrogens is 266 g/mol. The Hall–Kier alpha value is -2.37. The lowest BCUT2D eigenvalue weighted by Crippen LogP contribution is -2.37. The summed E-state index contributed by atoms with van der Waals surface area (Å²) in [5, 5.41) is 4.20. The number of hydrogen-bond donors (Lipinski definition) is 1. The fraction of sp³-hybridized carbons (Fsp3) is 0.400. The Morgan fingerprint density at radius 2 is 2.24 bits per heavy atom. The molecule has 2 aromatic rings. The average molecular weight is 285 g/mol. The number of anilines is 1. The molecule has 3 rings (SSSR count). The molecule has 0 radical (unpaired) electrons. The molecule has 0 bridgehead atoms. The van der Waals surface area contributed by atoms with E-state index in [1.807, 2.05) is 21.7 Å². The maximum absolute atomic E-state index is 12.6. The first-order valence-electron chi connectivity index (χ1n) is 7.23. The second-order valence-corrected chi connectivity index (χ2v) is 5.29. The molecule has 0 saturated heterocycles. The van der Waals surface area contributed by atoms with Crippen molar-refractivity contribution >= 4 is 11.6 Å². The molecule has 2 N–H and O–H groups in total. The summed E-state index contributed by atoms with van der Waals surface area (Å²) in [7, 11) is 0. The van der Waals surface area contributed by atoms with Crippen LogP contribution in [0.2, 0.25) is 0 Å². The molecule has 1 aliphatic rings. The van der Waals surface area contributed by atoms with E-state index in [9.17, 15) is 4.79 Å². The Morgan fingerprint density at radius 3 is 3.05 bits per heavy atom. The fourth-order valence-electron chi connectivity index (χ4n) is 2.67. The van der Waals surface area contributed by atoms with Crippen LogP contribution >= 0.6 is 0 Å². The largest absolute Gasteiger partial charge is 0.399 e. The summed E-state index contributed by atoms with van der Waals surface area (Å²) in [6.07, 6.45) is 3.39. The van der Waals surface area contributed by atoms with Gasteiger partial charge in [-0.25, -0.2) is 9.67 Å². The number of nitrogens with zero attached hydrogens (tertiary/aromatic N) is 4. The predicted molar refractivity (Wildman–Crippen MR) is 79.6 cm³/mol. The maximum Gasteiger partial charge on any atom is 0.254 e. The molecule has 0 unspecified atom stereocenters. The Labute approximate surface area is 123 Å². The molecule has 6 heteroatoms. The summed E-state index contributed by atoms with van der Waals surface area (Å²) in [5.74, 6) is 0.854. The molecule has 0 fully saturated rings. The van der Waals surface area contributed by atoms with Crippen molar-refractivity contribution in [3.05, 3.63) is 41.5 Å². The van der Waals surface area contributed by atoms with Crippen molar-refractivity contribution in [1.29, 1.82) is 0 Å². The highest BCUT2D eigenvalue weighted by Gasteiger charge is 2.25.